The van der Waals surface area contributed by atoms with E-state index in [1.54, 1.807) is 0 Å². The van der Waals surface area contributed by atoms with E-state index in [2.05, 4.69) is 0 Å². The maximum absolute atomic E-state index is 5.70. The van der Waals surface area contributed by atoms with Crippen LogP contribution in [0.25, 0.3) is 0 Å². The van der Waals surface area contributed by atoms with E-state index in [0.29, 0.717) is 0 Å². The molecule has 0 saturated heterocycles. The van der Waals surface area contributed by atoms with Crippen molar-refractivity contribution in [2.24, 2.45) is 0 Å². The quantitative estimate of drug-likeness (QED) is 0.425. The Kier molecular flexibility index (Phi) is 1.89. The normalized spacial score (nSPS) is 9.80. The summed E-state index contributed by atoms with van der Waals surface area (Å²) in [6.45, 7) is 3.91. The highest BCUT2D eigenvalue weighted by molar-refractivity contribution is 6.37. The van der Waals surface area contributed by atoms with Crippen LogP contribution in [0.5, 0.6) is 0 Å². The zero-order valence-electron chi connectivity index (χ0n) is 6.31. The lowest BCUT2D eigenvalue weighted by atomic mass is 9.82. The lowest BCUT2D eigenvalue weighted by Crippen LogP contribution is -2.17. The second kappa shape index (κ2) is 2.53. The molecule has 0 bridgehead atoms. The molecule has 1 rings (SSSR count). The average molecular weight is 126 g/mol. The fourth-order valence-corrected chi connectivity index (χ4v) is 1.01. The lowest BCUT2D eigenvalue weighted by molar-refractivity contribution is 1.45. The molecule has 0 nitrogen and oxygen atoms in total. The Morgan fingerprint density at radius 2 is 1.40 bits per heavy atom. The largest absolute Gasteiger partial charge is 0.114 e. The molecule has 0 aliphatic heterocycles. The Labute approximate surface area is 64.5 Å². The van der Waals surface area contributed by atoms with Crippen LogP contribution in [0, 0.1) is 13.8 Å². The summed E-state index contributed by atoms with van der Waals surface area (Å²) in [5.41, 5.74) is 3.73. The molecule has 1 aromatic rings. The zero-order chi connectivity index (χ0) is 7.72. The molecule has 0 N–H and O–H groups in total. The van der Waals surface area contributed by atoms with Gasteiger partial charge >= 0.3 is 0 Å². The van der Waals surface area contributed by atoms with Gasteiger partial charge in [0.1, 0.15) is 15.7 Å². The SMILES string of the molecule is [B]c1cc(C)c([B])c(C)c1. The minimum atomic E-state index is 0.782. The summed E-state index contributed by atoms with van der Waals surface area (Å²) < 4.78 is 0. The Bertz CT molecular complexity index is 230. The summed E-state index contributed by atoms with van der Waals surface area (Å²) in [5.74, 6) is 0. The molecule has 46 valence electrons. The first-order valence-electron chi connectivity index (χ1n) is 3.23. The van der Waals surface area contributed by atoms with E-state index < -0.39 is 0 Å². The summed E-state index contributed by atoms with van der Waals surface area (Å²) in [7, 11) is 11.3. The van der Waals surface area contributed by atoms with Crippen LogP contribution < -0.4 is 10.9 Å². The van der Waals surface area contributed by atoms with Gasteiger partial charge in [-0.25, -0.2) is 0 Å². The van der Waals surface area contributed by atoms with Crippen LogP contribution in [-0.2, 0) is 0 Å². The summed E-state index contributed by atoms with van der Waals surface area (Å²) in [6, 6.07) is 3.75. The Balaban J connectivity index is 3.31. The molecule has 0 heterocycles. The molecule has 0 aliphatic rings. The Morgan fingerprint density at radius 3 is 1.80 bits per heavy atom. The van der Waals surface area contributed by atoms with Crippen LogP contribution >= 0.6 is 0 Å². The van der Waals surface area contributed by atoms with Crippen molar-refractivity contribution in [2.75, 3.05) is 0 Å². The molecule has 0 amide bonds. The molecule has 2 heteroatoms. The third-order valence-corrected chi connectivity index (χ3v) is 1.62. The predicted molar refractivity (Wildman–Crippen MR) is 46.7 cm³/mol. The summed E-state index contributed by atoms with van der Waals surface area (Å²) in [4.78, 5) is 0. The third kappa shape index (κ3) is 1.26. The maximum atomic E-state index is 5.70. The van der Waals surface area contributed by atoms with Crippen molar-refractivity contribution in [3.8, 4) is 0 Å². The van der Waals surface area contributed by atoms with Gasteiger partial charge in [-0.2, -0.15) is 0 Å². The fourth-order valence-electron chi connectivity index (χ4n) is 1.01. The van der Waals surface area contributed by atoms with Gasteiger partial charge in [0.15, 0.2) is 0 Å². The van der Waals surface area contributed by atoms with Gasteiger partial charge in [0, 0.05) is 0 Å². The van der Waals surface area contributed by atoms with Crippen molar-refractivity contribution in [2.45, 2.75) is 13.8 Å². The number of aryl methyl sites for hydroxylation is 2. The molecule has 1 aromatic carbocycles. The van der Waals surface area contributed by atoms with Gasteiger partial charge in [-0.05, 0) is 13.8 Å². The van der Waals surface area contributed by atoms with Crippen LogP contribution in [0.2, 0.25) is 0 Å². The molecule has 10 heavy (non-hydrogen) atoms. The Morgan fingerprint density at radius 1 is 1.00 bits per heavy atom. The maximum Gasteiger partial charge on any atom is 0.114 e. The Hall–Kier alpha value is -0.650. The molecule has 4 radical (unpaired) electrons. The van der Waals surface area contributed by atoms with Crippen LogP contribution in [0.4, 0.5) is 0 Å². The van der Waals surface area contributed by atoms with Gasteiger partial charge in [-0.3, -0.25) is 0 Å². The molecule has 0 fully saturated rings. The van der Waals surface area contributed by atoms with Crippen LogP contribution in [0.15, 0.2) is 12.1 Å². The molecule has 0 spiro atoms. The van der Waals surface area contributed by atoms with Gasteiger partial charge in [0.2, 0.25) is 0 Å². The highest BCUT2D eigenvalue weighted by Gasteiger charge is 1.95. The monoisotopic (exact) mass is 126 g/mol. The van der Waals surface area contributed by atoms with E-state index in [9.17, 15) is 0 Å². The van der Waals surface area contributed by atoms with Gasteiger partial charge in [0.05, 0.1) is 0 Å². The van der Waals surface area contributed by atoms with Gasteiger partial charge in [-0.1, -0.05) is 34.2 Å². The van der Waals surface area contributed by atoms with Gasteiger partial charge < -0.3 is 0 Å². The van der Waals surface area contributed by atoms with Gasteiger partial charge in [0.25, 0.3) is 0 Å². The third-order valence-electron chi connectivity index (χ3n) is 1.62. The second-order valence-electron chi connectivity index (χ2n) is 2.57. The van der Waals surface area contributed by atoms with Gasteiger partial charge in [-0.15, -0.1) is 0 Å². The van der Waals surface area contributed by atoms with E-state index in [1.165, 1.54) is 0 Å². The predicted octanol–water partition coefficient (Wildman–Crippen LogP) is -0.109. The van der Waals surface area contributed by atoms with E-state index in [1.807, 2.05) is 26.0 Å². The molecule has 0 atom stereocenters. The van der Waals surface area contributed by atoms with Crippen molar-refractivity contribution in [1.29, 1.82) is 0 Å². The van der Waals surface area contributed by atoms with E-state index >= 15 is 0 Å². The van der Waals surface area contributed by atoms with Crippen molar-refractivity contribution in [3.05, 3.63) is 23.3 Å². The highest BCUT2D eigenvalue weighted by atomic mass is 14.0. The summed E-state index contributed by atoms with van der Waals surface area (Å²) in [5, 5.41) is 0. The van der Waals surface area contributed by atoms with Crippen molar-refractivity contribution in [3.63, 3.8) is 0 Å². The van der Waals surface area contributed by atoms with Crippen LogP contribution in [0.3, 0.4) is 0 Å². The number of hydrogen-bond acceptors (Lipinski definition) is 0. The molecular formula is C8H8B2. The first-order valence-corrected chi connectivity index (χ1v) is 3.23. The average Bonchev–Trinajstić information content (AvgIpc) is 1.82. The first kappa shape index (κ1) is 7.46. The molecule has 0 unspecified atom stereocenters. The summed E-state index contributed by atoms with van der Waals surface area (Å²) in [6.07, 6.45) is 0. The lowest BCUT2D eigenvalue weighted by Gasteiger charge is -2.05. The highest BCUT2D eigenvalue weighted by Crippen LogP contribution is 1.93. The topological polar surface area (TPSA) is 0 Å². The summed E-state index contributed by atoms with van der Waals surface area (Å²) >= 11 is 0. The number of rotatable bonds is 0. The van der Waals surface area contributed by atoms with Crippen molar-refractivity contribution in [1.82, 2.24) is 0 Å². The standard InChI is InChI=1S/C8H8B2/c1-5-3-7(9)4-6(2)8(5)10/h3-4H,1-2H3. The minimum Gasteiger partial charge on any atom is -0.0962 e. The van der Waals surface area contributed by atoms with Crippen molar-refractivity contribution >= 4 is 26.6 Å². The molecule has 0 aliphatic carbocycles. The van der Waals surface area contributed by atoms with Crippen LogP contribution in [0.1, 0.15) is 11.1 Å². The zero-order valence-corrected chi connectivity index (χ0v) is 6.31. The van der Waals surface area contributed by atoms with Crippen LogP contribution in [-0.4, -0.2) is 15.7 Å². The number of hydrogen-bond donors (Lipinski definition) is 0. The number of benzene rings is 1. The smallest absolute Gasteiger partial charge is 0.0962 e. The van der Waals surface area contributed by atoms with E-state index in [-0.39, 0.29) is 0 Å². The first-order chi connectivity index (χ1) is 4.61. The van der Waals surface area contributed by atoms with Crippen molar-refractivity contribution < 1.29 is 0 Å². The molecule has 0 aromatic heterocycles. The van der Waals surface area contributed by atoms with E-state index in [4.69, 9.17) is 15.7 Å². The van der Waals surface area contributed by atoms with E-state index in [0.717, 1.165) is 22.1 Å². The molecular weight excluding hydrogens is 118 g/mol. The fraction of sp³-hybridized carbons (Fsp3) is 0.250. The minimum absolute atomic E-state index is 0.782. The second-order valence-corrected chi connectivity index (χ2v) is 2.57. The molecule has 0 saturated carbocycles.